The molecule has 0 radical (unpaired) electrons. The fraction of sp³-hybridized carbons (Fsp3) is 0.625. The van der Waals surface area contributed by atoms with Crippen molar-refractivity contribution in [3.63, 3.8) is 0 Å². The van der Waals surface area contributed by atoms with Crippen molar-refractivity contribution in [1.82, 2.24) is 10.3 Å². The van der Waals surface area contributed by atoms with Gasteiger partial charge in [-0.25, -0.2) is 4.98 Å². The van der Waals surface area contributed by atoms with Gasteiger partial charge >= 0.3 is 0 Å². The van der Waals surface area contributed by atoms with E-state index in [4.69, 9.17) is 4.74 Å². The molecular weight excluding hydrogens is 188 g/mol. The summed E-state index contributed by atoms with van der Waals surface area (Å²) < 4.78 is 5.00. The molecule has 0 aromatic carbocycles. The molecule has 2 N–H and O–H groups in total. The molecule has 4 nitrogen and oxygen atoms in total. The van der Waals surface area contributed by atoms with E-state index in [1.807, 2.05) is 0 Å². The van der Waals surface area contributed by atoms with Crippen LogP contribution in [0.1, 0.15) is 10.8 Å². The second-order valence-corrected chi connectivity index (χ2v) is 4.09. The minimum Gasteiger partial charge on any atom is -0.473 e. The van der Waals surface area contributed by atoms with Gasteiger partial charge in [0.25, 0.3) is 5.19 Å². The van der Waals surface area contributed by atoms with Gasteiger partial charge in [0.1, 0.15) is 0 Å². The topological polar surface area (TPSA) is 54.4 Å². The highest BCUT2D eigenvalue weighted by molar-refractivity contribution is 7.13. The summed E-state index contributed by atoms with van der Waals surface area (Å²) in [5, 5.41) is 13.4. The first kappa shape index (κ1) is 8.93. The predicted molar refractivity (Wildman–Crippen MR) is 50.3 cm³/mol. The standard InChI is InChI=1S/C8H12N2O2S/c1-12-8-10-4-7(13-8)5-2-9-3-6(5)11/h4-6,9,11H,2-3H2,1H3/t5-,6-/m1/s1. The number of aliphatic hydroxyl groups excluding tert-OH is 1. The number of rotatable bonds is 2. The van der Waals surface area contributed by atoms with Crippen molar-refractivity contribution in [2.24, 2.45) is 0 Å². The van der Waals surface area contributed by atoms with Crippen LogP contribution >= 0.6 is 11.3 Å². The lowest BCUT2D eigenvalue weighted by Gasteiger charge is -2.08. The molecule has 1 fully saturated rings. The number of methoxy groups -OCH3 is 1. The molecule has 1 aliphatic rings. The summed E-state index contributed by atoms with van der Waals surface area (Å²) in [5.74, 6) is 0.182. The molecular formula is C8H12N2O2S. The van der Waals surface area contributed by atoms with Gasteiger partial charge in [0.05, 0.1) is 13.2 Å². The molecule has 1 aliphatic heterocycles. The van der Waals surface area contributed by atoms with Gasteiger partial charge in [-0.05, 0) is 0 Å². The van der Waals surface area contributed by atoms with E-state index in [0.717, 1.165) is 11.4 Å². The average molecular weight is 200 g/mol. The van der Waals surface area contributed by atoms with Gasteiger partial charge in [-0.2, -0.15) is 0 Å². The van der Waals surface area contributed by atoms with Crippen molar-refractivity contribution in [2.75, 3.05) is 20.2 Å². The van der Waals surface area contributed by atoms with E-state index < -0.39 is 0 Å². The molecule has 2 heterocycles. The molecule has 72 valence electrons. The van der Waals surface area contributed by atoms with Crippen LogP contribution in [0.15, 0.2) is 6.20 Å². The normalized spacial score (nSPS) is 27.8. The molecule has 2 atom stereocenters. The fourth-order valence-corrected chi connectivity index (χ4v) is 2.38. The maximum Gasteiger partial charge on any atom is 0.273 e. The van der Waals surface area contributed by atoms with Gasteiger partial charge in [0.15, 0.2) is 0 Å². The Balaban J connectivity index is 2.15. The highest BCUT2D eigenvalue weighted by Gasteiger charge is 2.28. The van der Waals surface area contributed by atoms with Gasteiger partial charge < -0.3 is 15.2 Å². The molecule has 1 aromatic heterocycles. The van der Waals surface area contributed by atoms with E-state index in [-0.39, 0.29) is 12.0 Å². The molecule has 2 rings (SSSR count). The number of thiazole rings is 1. The molecule has 5 heteroatoms. The summed E-state index contributed by atoms with van der Waals surface area (Å²) in [6.07, 6.45) is 1.50. The Morgan fingerprint density at radius 3 is 3.08 bits per heavy atom. The summed E-state index contributed by atoms with van der Waals surface area (Å²) in [6.45, 7) is 1.50. The zero-order valence-corrected chi connectivity index (χ0v) is 8.17. The second kappa shape index (κ2) is 3.61. The molecule has 0 saturated carbocycles. The van der Waals surface area contributed by atoms with Gasteiger partial charge in [-0.1, -0.05) is 11.3 Å². The molecule has 0 bridgehead atoms. The van der Waals surface area contributed by atoms with E-state index >= 15 is 0 Å². The lowest BCUT2D eigenvalue weighted by molar-refractivity contribution is 0.179. The van der Waals surface area contributed by atoms with Crippen LogP contribution in [-0.2, 0) is 0 Å². The zero-order valence-electron chi connectivity index (χ0n) is 7.36. The van der Waals surface area contributed by atoms with Crippen LogP contribution in [0.4, 0.5) is 0 Å². The smallest absolute Gasteiger partial charge is 0.273 e. The number of β-amino-alcohol motifs (C(OH)–C–C–N with tert-alkyl or cyclic N) is 1. The van der Waals surface area contributed by atoms with Crippen LogP contribution in [0, 0.1) is 0 Å². The minimum absolute atomic E-state index is 0.182. The number of ether oxygens (including phenoxy) is 1. The molecule has 1 saturated heterocycles. The number of nitrogens with one attached hydrogen (secondary N) is 1. The first-order valence-corrected chi connectivity index (χ1v) is 5.01. The Hall–Kier alpha value is -0.650. The van der Waals surface area contributed by atoms with E-state index in [1.165, 1.54) is 11.3 Å². The van der Waals surface area contributed by atoms with Crippen molar-refractivity contribution >= 4 is 11.3 Å². The average Bonchev–Trinajstić information content (AvgIpc) is 2.71. The largest absolute Gasteiger partial charge is 0.473 e. The third-order valence-corrected chi connectivity index (χ3v) is 3.32. The van der Waals surface area contributed by atoms with E-state index in [1.54, 1.807) is 13.3 Å². The van der Waals surface area contributed by atoms with E-state index in [2.05, 4.69) is 10.3 Å². The van der Waals surface area contributed by atoms with Crippen molar-refractivity contribution in [3.8, 4) is 5.19 Å². The van der Waals surface area contributed by atoms with Crippen LogP contribution in [0.25, 0.3) is 0 Å². The van der Waals surface area contributed by atoms with Gasteiger partial charge in [-0.15, -0.1) is 0 Å². The first-order valence-electron chi connectivity index (χ1n) is 4.19. The highest BCUT2D eigenvalue weighted by Crippen LogP contribution is 2.30. The number of hydrogen-bond donors (Lipinski definition) is 2. The summed E-state index contributed by atoms with van der Waals surface area (Å²) in [4.78, 5) is 5.16. The Labute approximate surface area is 80.6 Å². The Kier molecular flexibility index (Phi) is 2.48. The van der Waals surface area contributed by atoms with Crippen LogP contribution in [0.2, 0.25) is 0 Å². The monoisotopic (exact) mass is 200 g/mol. The maximum absolute atomic E-state index is 9.60. The highest BCUT2D eigenvalue weighted by atomic mass is 32.1. The summed E-state index contributed by atoms with van der Waals surface area (Å²) in [6, 6.07) is 0. The Morgan fingerprint density at radius 1 is 1.69 bits per heavy atom. The lowest BCUT2D eigenvalue weighted by Crippen LogP contribution is -2.15. The van der Waals surface area contributed by atoms with Gasteiger partial charge in [-0.3, -0.25) is 0 Å². The number of hydrogen-bond acceptors (Lipinski definition) is 5. The summed E-state index contributed by atoms with van der Waals surface area (Å²) in [5.41, 5.74) is 0. The Morgan fingerprint density at radius 2 is 2.54 bits per heavy atom. The van der Waals surface area contributed by atoms with Gasteiger partial charge in [0.2, 0.25) is 0 Å². The minimum atomic E-state index is -0.287. The molecule has 0 unspecified atom stereocenters. The SMILES string of the molecule is COc1ncc([C@@H]2CNC[C@H]2O)s1. The van der Waals surface area contributed by atoms with Crippen molar-refractivity contribution < 1.29 is 9.84 Å². The van der Waals surface area contributed by atoms with Crippen molar-refractivity contribution in [3.05, 3.63) is 11.1 Å². The van der Waals surface area contributed by atoms with Crippen LogP contribution in [0.3, 0.4) is 0 Å². The third-order valence-electron chi connectivity index (χ3n) is 2.22. The molecule has 1 aromatic rings. The summed E-state index contributed by atoms with van der Waals surface area (Å²) >= 11 is 1.50. The second-order valence-electron chi connectivity index (χ2n) is 3.06. The van der Waals surface area contributed by atoms with Crippen LogP contribution < -0.4 is 10.1 Å². The van der Waals surface area contributed by atoms with Crippen LogP contribution in [-0.4, -0.2) is 36.4 Å². The van der Waals surface area contributed by atoms with E-state index in [0.29, 0.717) is 11.7 Å². The summed E-state index contributed by atoms with van der Waals surface area (Å²) in [7, 11) is 1.60. The molecule has 0 amide bonds. The van der Waals surface area contributed by atoms with Crippen molar-refractivity contribution in [1.29, 1.82) is 0 Å². The van der Waals surface area contributed by atoms with Crippen LogP contribution in [0.5, 0.6) is 5.19 Å². The fourth-order valence-electron chi connectivity index (χ4n) is 1.49. The number of aromatic nitrogens is 1. The lowest BCUT2D eigenvalue weighted by atomic mass is 10.1. The number of aliphatic hydroxyl groups is 1. The maximum atomic E-state index is 9.60. The molecule has 0 spiro atoms. The number of nitrogens with zero attached hydrogens (tertiary/aromatic N) is 1. The quantitative estimate of drug-likeness (QED) is 0.716. The first-order chi connectivity index (χ1) is 6.31. The Bertz CT molecular complexity index is 289. The van der Waals surface area contributed by atoms with Gasteiger partial charge in [0, 0.05) is 30.1 Å². The molecule has 13 heavy (non-hydrogen) atoms. The molecule has 0 aliphatic carbocycles. The predicted octanol–water partition coefficient (Wildman–Crippen LogP) is 0.199. The zero-order chi connectivity index (χ0) is 9.26. The van der Waals surface area contributed by atoms with Crippen molar-refractivity contribution in [2.45, 2.75) is 12.0 Å². The third kappa shape index (κ3) is 1.67. The van der Waals surface area contributed by atoms with E-state index in [9.17, 15) is 5.11 Å².